The Balaban J connectivity index is 1.71. The van der Waals surface area contributed by atoms with Crippen LogP contribution in [0.2, 0.25) is 0 Å². The van der Waals surface area contributed by atoms with E-state index >= 15 is 0 Å². The fourth-order valence-electron chi connectivity index (χ4n) is 3.19. The molecule has 2 aromatic heterocycles. The van der Waals surface area contributed by atoms with Gasteiger partial charge in [0, 0.05) is 38.7 Å². The second-order valence-corrected chi connectivity index (χ2v) is 6.65. The number of likely N-dealkylation sites (tertiary alicyclic amines) is 1. The third-order valence-corrected chi connectivity index (χ3v) is 4.56. The van der Waals surface area contributed by atoms with E-state index in [0.29, 0.717) is 18.3 Å². The fraction of sp³-hybridized carbons (Fsp3) is 0.588. The lowest BCUT2D eigenvalue weighted by molar-refractivity contribution is -0.130. The summed E-state index contributed by atoms with van der Waals surface area (Å²) in [6, 6.07) is 1.94. The number of nitrogens with zero attached hydrogens (tertiary/aromatic N) is 4. The molecule has 0 N–H and O–H groups in total. The van der Waals surface area contributed by atoms with E-state index < -0.39 is 0 Å². The molecule has 2 aromatic rings. The van der Waals surface area contributed by atoms with Crippen molar-refractivity contribution in [3.63, 3.8) is 0 Å². The van der Waals surface area contributed by atoms with Crippen molar-refractivity contribution in [3.05, 3.63) is 24.3 Å². The van der Waals surface area contributed by atoms with E-state index in [9.17, 15) is 4.79 Å². The third-order valence-electron chi connectivity index (χ3n) is 4.56. The number of carbonyl (C=O) groups is 1. The number of aryl methyl sites for hydroxylation is 1. The van der Waals surface area contributed by atoms with Gasteiger partial charge in [-0.25, -0.2) is 4.98 Å². The van der Waals surface area contributed by atoms with Crippen molar-refractivity contribution in [3.8, 4) is 0 Å². The molecule has 5 heteroatoms. The second-order valence-electron chi connectivity index (χ2n) is 6.65. The van der Waals surface area contributed by atoms with Crippen LogP contribution < -0.4 is 0 Å². The number of imidazole rings is 1. The van der Waals surface area contributed by atoms with Crippen LogP contribution >= 0.6 is 0 Å². The van der Waals surface area contributed by atoms with Gasteiger partial charge >= 0.3 is 0 Å². The molecule has 1 saturated heterocycles. The highest BCUT2D eigenvalue weighted by Gasteiger charge is 2.30. The van der Waals surface area contributed by atoms with Crippen LogP contribution in [0.25, 0.3) is 11.0 Å². The van der Waals surface area contributed by atoms with Crippen molar-refractivity contribution in [2.45, 2.75) is 39.0 Å². The maximum Gasteiger partial charge on any atom is 0.222 e. The summed E-state index contributed by atoms with van der Waals surface area (Å²) in [5.74, 6) is 2.27. The summed E-state index contributed by atoms with van der Waals surface area (Å²) in [5, 5.41) is 0. The zero-order valence-corrected chi connectivity index (χ0v) is 13.6. The Morgan fingerprint density at radius 1 is 1.45 bits per heavy atom. The predicted molar refractivity (Wildman–Crippen MR) is 86.5 cm³/mol. The lowest BCUT2D eigenvalue weighted by Crippen LogP contribution is -2.28. The van der Waals surface area contributed by atoms with Crippen molar-refractivity contribution >= 4 is 16.9 Å². The summed E-state index contributed by atoms with van der Waals surface area (Å²) in [7, 11) is 2.04. The van der Waals surface area contributed by atoms with E-state index in [4.69, 9.17) is 4.98 Å². The van der Waals surface area contributed by atoms with Crippen molar-refractivity contribution < 1.29 is 4.79 Å². The summed E-state index contributed by atoms with van der Waals surface area (Å²) >= 11 is 0. The van der Waals surface area contributed by atoms with Gasteiger partial charge in [-0.3, -0.25) is 9.78 Å². The summed E-state index contributed by atoms with van der Waals surface area (Å²) in [6.45, 7) is 5.96. The lowest BCUT2D eigenvalue weighted by atomic mass is 10.1. The molecule has 3 rings (SSSR count). The number of aromatic nitrogens is 3. The molecule has 0 unspecified atom stereocenters. The molecular weight excluding hydrogens is 276 g/mol. The molecular formula is C17H24N4O. The molecule has 1 amide bonds. The number of fused-ring (bicyclic) bond motifs is 1. The molecule has 0 aliphatic carbocycles. The Hall–Kier alpha value is -1.91. The summed E-state index contributed by atoms with van der Waals surface area (Å²) in [6.07, 6.45) is 6.26. The van der Waals surface area contributed by atoms with Crippen molar-refractivity contribution in [1.82, 2.24) is 19.4 Å². The number of pyridine rings is 1. The first-order chi connectivity index (χ1) is 10.6. The van der Waals surface area contributed by atoms with Crippen LogP contribution in [-0.4, -0.2) is 38.4 Å². The van der Waals surface area contributed by atoms with E-state index in [1.807, 2.05) is 24.2 Å². The Morgan fingerprint density at radius 2 is 2.27 bits per heavy atom. The first-order valence-corrected chi connectivity index (χ1v) is 8.10. The normalized spacial score (nSPS) is 18.5. The van der Waals surface area contributed by atoms with Gasteiger partial charge in [-0.1, -0.05) is 13.8 Å². The topological polar surface area (TPSA) is 51.0 Å². The second kappa shape index (κ2) is 6.07. The van der Waals surface area contributed by atoms with Gasteiger partial charge in [0.1, 0.15) is 5.82 Å². The van der Waals surface area contributed by atoms with Crippen molar-refractivity contribution in [2.75, 3.05) is 13.1 Å². The van der Waals surface area contributed by atoms with Crippen LogP contribution in [0.5, 0.6) is 0 Å². The van der Waals surface area contributed by atoms with Gasteiger partial charge < -0.3 is 9.47 Å². The van der Waals surface area contributed by atoms with Crippen LogP contribution in [0.3, 0.4) is 0 Å². The van der Waals surface area contributed by atoms with E-state index in [1.54, 1.807) is 6.20 Å². The lowest BCUT2D eigenvalue weighted by Gasteiger charge is -2.17. The Bertz CT molecular complexity index is 676. The van der Waals surface area contributed by atoms with Gasteiger partial charge in [-0.05, 0) is 24.8 Å². The highest BCUT2D eigenvalue weighted by atomic mass is 16.2. The standard InChI is InChI=1S/C17H24N4O/c1-12(2)4-5-16(22)21-9-7-13(11-21)17-19-14-6-8-18-10-15(14)20(17)3/h6,8,10,12-13H,4-5,7,9,11H2,1-3H3/t13-/m1/s1. The average molecular weight is 300 g/mol. The van der Waals surface area contributed by atoms with E-state index in [-0.39, 0.29) is 5.91 Å². The minimum Gasteiger partial charge on any atom is -0.342 e. The van der Waals surface area contributed by atoms with Crippen LogP contribution in [-0.2, 0) is 11.8 Å². The van der Waals surface area contributed by atoms with Crippen molar-refractivity contribution in [2.24, 2.45) is 13.0 Å². The number of amides is 1. The molecule has 0 saturated carbocycles. The largest absolute Gasteiger partial charge is 0.342 e. The average Bonchev–Trinajstić information content (AvgIpc) is 3.10. The highest BCUT2D eigenvalue weighted by molar-refractivity contribution is 5.77. The number of rotatable bonds is 4. The molecule has 118 valence electrons. The van der Waals surface area contributed by atoms with Gasteiger partial charge in [0.15, 0.2) is 0 Å². The maximum atomic E-state index is 12.3. The molecule has 3 heterocycles. The molecule has 1 atom stereocenters. The van der Waals surface area contributed by atoms with Crippen LogP contribution in [0.15, 0.2) is 18.5 Å². The zero-order valence-electron chi connectivity index (χ0n) is 13.6. The van der Waals surface area contributed by atoms with Gasteiger partial charge in [-0.15, -0.1) is 0 Å². The zero-order chi connectivity index (χ0) is 15.7. The Kier molecular flexibility index (Phi) is 4.14. The monoisotopic (exact) mass is 300 g/mol. The minimum absolute atomic E-state index is 0.289. The van der Waals surface area contributed by atoms with Gasteiger partial charge in [0.05, 0.1) is 17.2 Å². The van der Waals surface area contributed by atoms with Gasteiger partial charge in [0.2, 0.25) is 5.91 Å². The Labute approximate surface area is 131 Å². The van der Waals surface area contributed by atoms with Crippen LogP contribution in [0, 0.1) is 5.92 Å². The molecule has 1 aliphatic heterocycles. The quantitative estimate of drug-likeness (QED) is 0.872. The number of hydrogen-bond donors (Lipinski definition) is 0. The number of hydrogen-bond acceptors (Lipinski definition) is 3. The van der Waals surface area contributed by atoms with E-state index in [1.165, 1.54) is 0 Å². The molecule has 0 bridgehead atoms. The summed E-state index contributed by atoms with van der Waals surface area (Å²) in [4.78, 5) is 23.2. The van der Waals surface area contributed by atoms with Gasteiger partial charge in [-0.2, -0.15) is 0 Å². The molecule has 0 radical (unpaired) electrons. The fourth-order valence-corrected chi connectivity index (χ4v) is 3.19. The van der Waals surface area contributed by atoms with E-state index in [2.05, 4.69) is 23.4 Å². The summed E-state index contributed by atoms with van der Waals surface area (Å²) in [5.41, 5.74) is 2.04. The van der Waals surface area contributed by atoms with Crippen molar-refractivity contribution in [1.29, 1.82) is 0 Å². The van der Waals surface area contributed by atoms with Crippen LogP contribution in [0.4, 0.5) is 0 Å². The molecule has 0 spiro atoms. The van der Waals surface area contributed by atoms with E-state index in [0.717, 1.165) is 42.8 Å². The van der Waals surface area contributed by atoms with Crippen LogP contribution in [0.1, 0.15) is 44.9 Å². The predicted octanol–water partition coefficient (Wildman–Crippen LogP) is 2.72. The smallest absolute Gasteiger partial charge is 0.222 e. The SMILES string of the molecule is CC(C)CCC(=O)N1CC[C@@H](c2nc3ccncc3n2C)C1. The molecule has 1 aliphatic rings. The summed E-state index contributed by atoms with van der Waals surface area (Å²) < 4.78 is 2.12. The number of carbonyl (C=O) groups excluding carboxylic acids is 1. The molecule has 5 nitrogen and oxygen atoms in total. The molecule has 1 fully saturated rings. The maximum absolute atomic E-state index is 12.3. The first-order valence-electron chi connectivity index (χ1n) is 8.10. The first kappa shape index (κ1) is 15.0. The highest BCUT2D eigenvalue weighted by Crippen LogP contribution is 2.29. The van der Waals surface area contributed by atoms with Gasteiger partial charge in [0.25, 0.3) is 0 Å². The molecule has 22 heavy (non-hydrogen) atoms. The Morgan fingerprint density at radius 3 is 3.00 bits per heavy atom. The molecule has 0 aromatic carbocycles. The third kappa shape index (κ3) is 2.85. The minimum atomic E-state index is 0.289.